The van der Waals surface area contributed by atoms with E-state index in [0.29, 0.717) is 23.7 Å². The highest BCUT2D eigenvalue weighted by molar-refractivity contribution is 9.10. The van der Waals surface area contributed by atoms with E-state index in [2.05, 4.69) is 21.2 Å². The number of hydrogen-bond acceptors (Lipinski definition) is 2. The minimum absolute atomic E-state index is 0.0172. The molecule has 0 saturated carbocycles. The van der Waals surface area contributed by atoms with Gasteiger partial charge in [-0.3, -0.25) is 4.79 Å². The molecule has 0 bridgehead atoms. The lowest BCUT2D eigenvalue weighted by atomic mass is 10.2. The van der Waals surface area contributed by atoms with Crippen LogP contribution in [0.2, 0.25) is 5.02 Å². The minimum atomic E-state index is -0.0172. The second-order valence-electron chi connectivity index (χ2n) is 3.42. The van der Waals surface area contributed by atoms with Gasteiger partial charge in [-0.05, 0) is 53.5 Å². The molecule has 1 aromatic carbocycles. The number of unbranched alkanes of at least 4 members (excludes halogenated alkanes) is 1. The Balaban J connectivity index is 2.52. The number of hydrogen-bond donors (Lipinski definition) is 2. The van der Waals surface area contributed by atoms with Gasteiger partial charge in [-0.2, -0.15) is 0 Å². The SMILES string of the molecule is NCCCCC(=O)Nc1cc(Cl)ccc1Br. The number of anilines is 1. The maximum absolute atomic E-state index is 11.5. The van der Waals surface area contributed by atoms with Gasteiger partial charge in [0, 0.05) is 15.9 Å². The fraction of sp³-hybridized carbons (Fsp3) is 0.364. The zero-order chi connectivity index (χ0) is 12.0. The van der Waals surface area contributed by atoms with E-state index >= 15 is 0 Å². The zero-order valence-electron chi connectivity index (χ0n) is 8.80. The highest BCUT2D eigenvalue weighted by atomic mass is 79.9. The number of amides is 1. The summed E-state index contributed by atoms with van der Waals surface area (Å²) in [6.07, 6.45) is 2.15. The van der Waals surface area contributed by atoms with Gasteiger partial charge in [-0.25, -0.2) is 0 Å². The van der Waals surface area contributed by atoms with Crippen molar-refractivity contribution in [1.29, 1.82) is 0 Å². The van der Waals surface area contributed by atoms with Gasteiger partial charge < -0.3 is 11.1 Å². The zero-order valence-corrected chi connectivity index (χ0v) is 11.1. The molecule has 3 nitrogen and oxygen atoms in total. The molecule has 5 heteroatoms. The number of carbonyl (C=O) groups is 1. The van der Waals surface area contributed by atoms with Crippen molar-refractivity contribution in [2.24, 2.45) is 5.73 Å². The molecule has 1 aromatic rings. The summed E-state index contributed by atoms with van der Waals surface area (Å²) >= 11 is 9.19. The Hall–Kier alpha value is -0.580. The van der Waals surface area contributed by atoms with Crippen molar-refractivity contribution in [2.45, 2.75) is 19.3 Å². The molecule has 0 aromatic heterocycles. The Morgan fingerprint density at radius 1 is 1.44 bits per heavy atom. The quantitative estimate of drug-likeness (QED) is 0.821. The van der Waals surface area contributed by atoms with Crippen LogP contribution in [-0.2, 0) is 4.79 Å². The van der Waals surface area contributed by atoms with Crippen LogP contribution in [0.1, 0.15) is 19.3 Å². The van der Waals surface area contributed by atoms with Crippen LogP contribution in [0.4, 0.5) is 5.69 Å². The van der Waals surface area contributed by atoms with E-state index < -0.39 is 0 Å². The number of benzene rings is 1. The first kappa shape index (κ1) is 13.5. The Morgan fingerprint density at radius 2 is 2.19 bits per heavy atom. The molecule has 0 unspecified atom stereocenters. The fourth-order valence-corrected chi connectivity index (χ4v) is 1.75. The highest BCUT2D eigenvalue weighted by Gasteiger charge is 2.05. The van der Waals surface area contributed by atoms with Crippen molar-refractivity contribution in [2.75, 3.05) is 11.9 Å². The van der Waals surface area contributed by atoms with Crippen molar-refractivity contribution in [3.63, 3.8) is 0 Å². The predicted octanol–water partition coefficient (Wildman–Crippen LogP) is 3.17. The molecule has 0 radical (unpaired) electrons. The monoisotopic (exact) mass is 304 g/mol. The average Bonchev–Trinajstić information content (AvgIpc) is 2.24. The smallest absolute Gasteiger partial charge is 0.224 e. The molecule has 0 saturated heterocycles. The Bertz CT molecular complexity index is 371. The summed E-state index contributed by atoms with van der Waals surface area (Å²) in [5.74, 6) is -0.0172. The molecule has 16 heavy (non-hydrogen) atoms. The largest absolute Gasteiger partial charge is 0.330 e. The van der Waals surface area contributed by atoms with Crippen LogP contribution >= 0.6 is 27.5 Å². The molecule has 0 aliphatic carbocycles. The van der Waals surface area contributed by atoms with Crippen molar-refractivity contribution < 1.29 is 4.79 Å². The van der Waals surface area contributed by atoms with Crippen molar-refractivity contribution in [3.8, 4) is 0 Å². The molecule has 0 heterocycles. The van der Waals surface area contributed by atoms with E-state index in [9.17, 15) is 4.79 Å². The van der Waals surface area contributed by atoms with Crippen molar-refractivity contribution >= 4 is 39.1 Å². The molecule has 1 amide bonds. The first-order chi connectivity index (χ1) is 7.63. The van der Waals surface area contributed by atoms with Crippen LogP contribution in [0.25, 0.3) is 0 Å². The minimum Gasteiger partial charge on any atom is -0.330 e. The van der Waals surface area contributed by atoms with E-state index in [4.69, 9.17) is 17.3 Å². The molecule has 0 aliphatic heterocycles. The summed E-state index contributed by atoms with van der Waals surface area (Å²) in [5, 5.41) is 3.40. The summed E-state index contributed by atoms with van der Waals surface area (Å²) in [4.78, 5) is 11.5. The number of carbonyl (C=O) groups excluding carboxylic acids is 1. The number of halogens is 2. The Morgan fingerprint density at radius 3 is 2.88 bits per heavy atom. The first-order valence-corrected chi connectivity index (χ1v) is 6.25. The molecule has 0 aliphatic rings. The van der Waals surface area contributed by atoms with Crippen LogP contribution in [0.15, 0.2) is 22.7 Å². The molecule has 0 fully saturated rings. The van der Waals surface area contributed by atoms with E-state index in [0.717, 1.165) is 17.3 Å². The summed E-state index contributed by atoms with van der Waals surface area (Å²) in [5.41, 5.74) is 6.05. The third-order valence-corrected chi connectivity index (χ3v) is 2.99. The van der Waals surface area contributed by atoms with Crippen LogP contribution in [0.5, 0.6) is 0 Å². The molecule has 0 atom stereocenters. The summed E-state index contributed by atoms with van der Waals surface area (Å²) in [7, 11) is 0. The molecule has 88 valence electrons. The predicted molar refractivity (Wildman–Crippen MR) is 70.7 cm³/mol. The maximum Gasteiger partial charge on any atom is 0.224 e. The average molecular weight is 306 g/mol. The van der Waals surface area contributed by atoms with Gasteiger partial charge in [0.05, 0.1) is 5.69 Å². The van der Waals surface area contributed by atoms with Crippen LogP contribution in [0, 0.1) is 0 Å². The molecular formula is C11H14BrClN2O. The van der Waals surface area contributed by atoms with E-state index in [1.165, 1.54) is 0 Å². The highest BCUT2D eigenvalue weighted by Crippen LogP contribution is 2.26. The van der Waals surface area contributed by atoms with Gasteiger partial charge in [0.15, 0.2) is 0 Å². The van der Waals surface area contributed by atoms with Crippen LogP contribution in [-0.4, -0.2) is 12.5 Å². The lowest BCUT2D eigenvalue weighted by Gasteiger charge is -2.07. The van der Waals surface area contributed by atoms with E-state index in [-0.39, 0.29) is 5.91 Å². The van der Waals surface area contributed by atoms with E-state index in [1.807, 2.05) is 0 Å². The van der Waals surface area contributed by atoms with E-state index in [1.54, 1.807) is 18.2 Å². The van der Waals surface area contributed by atoms with Gasteiger partial charge in [-0.1, -0.05) is 11.6 Å². The Kier molecular flexibility index (Phi) is 5.80. The number of nitrogens with two attached hydrogens (primary N) is 1. The topological polar surface area (TPSA) is 55.1 Å². The molecule has 0 spiro atoms. The molecule has 3 N–H and O–H groups in total. The fourth-order valence-electron chi connectivity index (χ4n) is 1.24. The lowest BCUT2D eigenvalue weighted by Crippen LogP contribution is -2.12. The second kappa shape index (κ2) is 6.89. The summed E-state index contributed by atoms with van der Waals surface area (Å²) in [6, 6.07) is 5.28. The van der Waals surface area contributed by atoms with Gasteiger partial charge in [0.1, 0.15) is 0 Å². The molecular weight excluding hydrogens is 291 g/mol. The van der Waals surface area contributed by atoms with Gasteiger partial charge in [0.2, 0.25) is 5.91 Å². The normalized spacial score (nSPS) is 10.2. The second-order valence-corrected chi connectivity index (χ2v) is 4.71. The third-order valence-electron chi connectivity index (χ3n) is 2.06. The van der Waals surface area contributed by atoms with Crippen molar-refractivity contribution in [3.05, 3.63) is 27.7 Å². The summed E-state index contributed by atoms with van der Waals surface area (Å²) in [6.45, 7) is 0.619. The lowest BCUT2D eigenvalue weighted by molar-refractivity contribution is -0.116. The van der Waals surface area contributed by atoms with Gasteiger partial charge >= 0.3 is 0 Å². The van der Waals surface area contributed by atoms with Gasteiger partial charge in [0.25, 0.3) is 0 Å². The van der Waals surface area contributed by atoms with Crippen LogP contribution in [0.3, 0.4) is 0 Å². The molecule has 1 rings (SSSR count). The summed E-state index contributed by atoms with van der Waals surface area (Å²) < 4.78 is 0.823. The van der Waals surface area contributed by atoms with Gasteiger partial charge in [-0.15, -0.1) is 0 Å². The van der Waals surface area contributed by atoms with Crippen LogP contribution < -0.4 is 11.1 Å². The number of rotatable bonds is 5. The standard InChI is InChI=1S/C11H14BrClN2O/c12-9-5-4-8(13)7-10(9)15-11(16)3-1-2-6-14/h4-5,7H,1-3,6,14H2,(H,15,16). The maximum atomic E-state index is 11.5. The first-order valence-electron chi connectivity index (χ1n) is 5.08. The Labute approximate surface area is 108 Å². The third kappa shape index (κ3) is 4.51. The number of nitrogens with one attached hydrogen (secondary N) is 1. The van der Waals surface area contributed by atoms with Crippen molar-refractivity contribution in [1.82, 2.24) is 0 Å².